The molecule has 202 valence electrons. The van der Waals surface area contributed by atoms with Gasteiger partial charge >= 0.3 is 6.09 Å². The van der Waals surface area contributed by atoms with Gasteiger partial charge in [-0.2, -0.15) is 0 Å². The topological polar surface area (TPSA) is 64.0 Å². The van der Waals surface area contributed by atoms with E-state index in [1.807, 2.05) is 39.0 Å². The van der Waals surface area contributed by atoms with Crippen molar-refractivity contribution in [3.8, 4) is 11.1 Å². The number of piperidine rings is 1. The van der Waals surface area contributed by atoms with Crippen molar-refractivity contribution in [2.24, 2.45) is 0 Å². The van der Waals surface area contributed by atoms with Gasteiger partial charge in [0.05, 0.1) is 15.6 Å². The molecule has 37 heavy (non-hydrogen) atoms. The van der Waals surface area contributed by atoms with E-state index in [2.05, 4.69) is 29.2 Å². The van der Waals surface area contributed by atoms with E-state index >= 15 is 0 Å². The van der Waals surface area contributed by atoms with Crippen LogP contribution in [0.1, 0.15) is 77.2 Å². The van der Waals surface area contributed by atoms with Gasteiger partial charge in [-0.15, -0.1) is 0 Å². The Morgan fingerprint density at radius 2 is 1.68 bits per heavy atom. The molecule has 1 aliphatic heterocycles. The number of benzene rings is 2. The zero-order valence-electron chi connectivity index (χ0n) is 22.2. The molecule has 1 heterocycles. The van der Waals surface area contributed by atoms with E-state index in [4.69, 9.17) is 23.2 Å². The van der Waals surface area contributed by atoms with E-state index in [0.717, 1.165) is 74.8 Å². The summed E-state index contributed by atoms with van der Waals surface area (Å²) in [5.41, 5.74) is 2.02. The summed E-state index contributed by atoms with van der Waals surface area (Å²) in [4.78, 5) is 16.0. The van der Waals surface area contributed by atoms with Gasteiger partial charge in [0.1, 0.15) is 0 Å². The predicted molar refractivity (Wildman–Crippen MR) is 152 cm³/mol. The van der Waals surface area contributed by atoms with Crippen molar-refractivity contribution in [3.63, 3.8) is 0 Å². The van der Waals surface area contributed by atoms with Gasteiger partial charge in [-0.3, -0.25) is 0 Å². The summed E-state index contributed by atoms with van der Waals surface area (Å²) < 4.78 is 0. The second kappa shape index (κ2) is 11.5. The fraction of sp³-hybridized carbons (Fsp3) is 0.567. The molecule has 0 spiro atoms. The number of nitrogens with zero attached hydrogens (tertiary/aromatic N) is 2. The van der Waals surface area contributed by atoms with Gasteiger partial charge in [-0.25, -0.2) is 4.79 Å². The molecule has 2 fully saturated rings. The van der Waals surface area contributed by atoms with Crippen LogP contribution in [0.2, 0.25) is 10.0 Å². The lowest BCUT2D eigenvalue weighted by Gasteiger charge is -2.46. The highest BCUT2D eigenvalue weighted by molar-refractivity contribution is 6.42. The van der Waals surface area contributed by atoms with Crippen LogP contribution in [0.25, 0.3) is 11.1 Å². The van der Waals surface area contributed by atoms with Crippen molar-refractivity contribution < 1.29 is 15.0 Å². The molecule has 5 nitrogen and oxygen atoms in total. The van der Waals surface area contributed by atoms with Crippen LogP contribution in [-0.2, 0) is 0 Å². The summed E-state index contributed by atoms with van der Waals surface area (Å²) in [6, 6.07) is 14.2. The van der Waals surface area contributed by atoms with Crippen LogP contribution in [0.4, 0.5) is 4.79 Å². The molecule has 1 aliphatic carbocycles. The fourth-order valence-electron chi connectivity index (χ4n) is 6.32. The average molecular weight is 548 g/mol. The van der Waals surface area contributed by atoms with Gasteiger partial charge in [-0.1, -0.05) is 72.8 Å². The Hall–Kier alpha value is -1.79. The number of likely N-dealkylation sites (tertiary alicyclic amines) is 1. The number of hydrogen-bond donors (Lipinski definition) is 2. The molecule has 4 rings (SSSR count). The quantitative estimate of drug-likeness (QED) is 0.389. The van der Waals surface area contributed by atoms with Gasteiger partial charge in [0.15, 0.2) is 0 Å². The van der Waals surface area contributed by atoms with Gasteiger partial charge in [0.2, 0.25) is 0 Å². The molecule has 2 N–H and O–H groups in total. The Morgan fingerprint density at radius 1 is 1.03 bits per heavy atom. The van der Waals surface area contributed by atoms with Gasteiger partial charge in [0.25, 0.3) is 0 Å². The monoisotopic (exact) mass is 546 g/mol. The second-order valence-corrected chi connectivity index (χ2v) is 12.6. The predicted octanol–water partition coefficient (Wildman–Crippen LogP) is 7.68. The van der Waals surface area contributed by atoms with Crippen LogP contribution in [0.5, 0.6) is 0 Å². The molecule has 2 aromatic rings. The molecule has 1 saturated heterocycles. The van der Waals surface area contributed by atoms with Crippen molar-refractivity contribution in [2.45, 2.75) is 88.8 Å². The standard InChI is InChI=1S/C30H40Cl2N2O3/c1-29(2,3)34(28(35)36)24-12-16-33(17-13-24)20-25(30(37)14-5-4-6-15-30)23-9-7-8-21(18-23)22-10-11-26(31)27(32)19-22/h7-11,18-19,24-25,37H,4-6,12-17,20H2,1-3H3,(H,35,36). The molecule has 1 unspecified atom stereocenters. The number of rotatable bonds is 6. The zero-order valence-corrected chi connectivity index (χ0v) is 23.7. The molecule has 2 aliphatic rings. The average Bonchev–Trinajstić information content (AvgIpc) is 2.84. The second-order valence-electron chi connectivity index (χ2n) is 11.8. The van der Waals surface area contributed by atoms with Crippen LogP contribution >= 0.6 is 23.2 Å². The Bertz CT molecular complexity index is 1090. The summed E-state index contributed by atoms with van der Waals surface area (Å²) in [5, 5.41) is 22.8. The fourth-order valence-corrected chi connectivity index (χ4v) is 6.62. The molecule has 0 bridgehead atoms. The molecule has 7 heteroatoms. The number of halogens is 2. The van der Waals surface area contributed by atoms with E-state index < -0.39 is 17.2 Å². The highest BCUT2D eigenvalue weighted by atomic mass is 35.5. The molecule has 0 radical (unpaired) electrons. The maximum absolute atomic E-state index is 12.0. The normalized spacial score (nSPS) is 19.9. The van der Waals surface area contributed by atoms with E-state index in [0.29, 0.717) is 10.0 Å². The minimum absolute atomic E-state index is 0.0166. The summed E-state index contributed by atoms with van der Waals surface area (Å²) >= 11 is 12.4. The van der Waals surface area contributed by atoms with Crippen LogP contribution in [0, 0.1) is 0 Å². The molecule has 1 amide bonds. The van der Waals surface area contributed by atoms with Gasteiger partial charge < -0.3 is 20.0 Å². The van der Waals surface area contributed by atoms with E-state index in [1.54, 1.807) is 4.90 Å². The highest BCUT2D eigenvalue weighted by Crippen LogP contribution is 2.42. The van der Waals surface area contributed by atoms with E-state index in [1.165, 1.54) is 6.42 Å². The Labute approximate surface area is 231 Å². The van der Waals surface area contributed by atoms with Crippen molar-refractivity contribution in [3.05, 3.63) is 58.1 Å². The van der Waals surface area contributed by atoms with Crippen molar-refractivity contribution >= 4 is 29.3 Å². The molecular formula is C30H40Cl2N2O3. The third kappa shape index (κ3) is 6.62. The van der Waals surface area contributed by atoms with E-state index in [9.17, 15) is 15.0 Å². The zero-order chi connectivity index (χ0) is 26.8. The number of amides is 1. The smallest absolute Gasteiger partial charge is 0.407 e. The third-order valence-electron chi connectivity index (χ3n) is 8.20. The van der Waals surface area contributed by atoms with Crippen LogP contribution in [0.3, 0.4) is 0 Å². The largest absolute Gasteiger partial charge is 0.465 e. The molecule has 1 atom stereocenters. The van der Waals surface area contributed by atoms with Crippen molar-refractivity contribution in [2.75, 3.05) is 19.6 Å². The van der Waals surface area contributed by atoms with Crippen molar-refractivity contribution in [1.82, 2.24) is 9.80 Å². The molecule has 1 saturated carbocycles. The maximum atomic E-state index is 12.0. The summed E-state index contributed by atoms with van der Waals surface area (Å²) in [6.45, 7) is 8.29. The molecule has 2 aromatic carbocycles. The number of carbonyl (C=O) groups is 1. The number of aliphatic hydroxyl groups is 1. The lowest BCUT2D eigenvalue weighted by Crippen LogP contribution is -2.55. The first-order valence-electron chi connectivity index (χ1n) is 13.5. The van der Waals surface area contributed by atoms with Gasteiger partial charge in [0, 0.05) is 37.1 Å². The first-order chi connectivity index (χ1) is 17.5. The van der Waals surface area contributed by atoms with Crippen molar-refractivity contribution in [1.29, 1.82) is 0 Å². The Kier molecular flexibility index (Phi) is 8.79. The number of carboxylic acid groups (broad SMARTS) is 1. The molecule has 0 aromatic heterocycles. The first-order valence-corrected chi connectivity index (χ1v) is 14.3. The highest BCUT2D eigenvalue weighted by Gasteiger charge is 2.41. The van der Waals surface area contributed by atoms with Crippen LogP contribution in [0.15, 0.2) is 42.5 Å². The van der Waals surface area contributed by atoms with Crippen LogP contribution in [-0.4, -0.2) is 62.9 Å². The SMILES string of the molecule is CC(C)(C)N(C(=O)O)C1CCN(CC(c2cccc(-c3ccc(Cl)c(Cl)c3)c2)C2(O)CCCCC2)CC1. The summed E-state index contributed by atoms with van der Waals surface area (Å²) in [7, 11) is 0. The third-order valence-corrected chi connectivity index (χ3v) is 8.94. The minimum atomic E-state index is -0.848. The first kappa shape index (κ1) is 28.2. The number of hydrogen-bond acceptors (Lipinski definition) is 3. The Balaban J connectivity index is 1.56. The minimum Gasteiger partial charge on any atom is -0.465 e. The van der Waals surface area contributed by atoms with E-state index in [-0.39, 0.29) is 12.0 Å². The van der Waals surface area contributed by atoms with Crippen LogP contribution < -0.4 is 0 Å². The van der Waals surface area contributed by atoms with Gasteiger partial charge in [-0.05, 0) is 75.3 Å². The Morgan fingerprint density at radius 3 is 2.27 bits per heavy atom. The molecular weight excluding hydrogens is 507 g/mol. The maximum Gasteiger partial charge on any atom is 0.407 e. The lowest BCUT2D eigenvalue weighted by molar-refractivity contribution is -0.0349. The summed E-state index contributed by atoms with van der Waals surface area (Å²) in [6.07, 6.45) is 5.63. The summed E-state index contributed by atoms with van der Waals surface area (Å²) in [5.74, 6) is -0.0229. The lowest BCUT2D eigenvalue weighted by atomic mass is 9.72.